The second-order valence-electron chi connectivity index (χ2n) is 7.69. The van der Waals surface area contributed by atoms with Crippen LogP contribution in [0, 0.1) is 0 Å². The molecule has 0 bridgehead atoms. The van der Waals surface area contributed by atoms with Crippen molar-refractivity contribution >= 4 is 34.3 Å². The van der Waals surface area contributed by atoms with Crippen molar-refractivity contribution in [2.24, 2.45) is 0 Å². The molecule has 1 atom stereocenters. The van der Waals surface area contributed by atoms with Gasteiger partial charge < -0.3 is 14.6 Å². The molecule has 3 aromatic rings. The molecule has 1 aromatic heterocycles. The van der Waals surface area contributed by atoms with E-state index in [0.29, 0.717) is 29.1 Å². The number of para-hydroxylation sites is 1. The van der Waals surface area contributed by atoms with Gasteiger partial charge in [-0.2, -0.15) is 0 Å². The van der Waals surface area contributed by atoms with Gasteiger partial charge >= 0.3 is 0 Å². The second kappa shape index (κ2) is 8.53. The summed E-state index contributed by atoms with van der Waals surface area (Å²) in [5, 5.41) is 3.60. The van der Waals surface area contributed by atoms with E-state index in [1.165, 1.54) is 6.92 Å². The zero-order valence-corrected chi connectivity index (χ0v) is 16.9. The van der Waals surface area contributed by atoms with E-state index in [4.69, 9.17) is 4.42 Å². The molecule has 1 unspecified atom stereocenters. The second-order valence-corrected chi connectivity index (χ2v) is 7.69. The van der Waals surface area contributed by atoms with Gasteiger partial charge in [0.15, 0.2) is 11.5 Å². The largest absolute Gasteiger partial charge is 0.453 e. The summed E-state index contributed by atoms with van der Waals surface area (Å²) in [5.74, 6) is -0.0686. The summed E-state index contributed by atoms with van der Waals surface area (Å²) in [5.41, 5.74) is 1.77. The predicted molar refractivity (Wildman–Crippen MR) is 115 cm³/mol. The number of anilines is 1. The smallest absolute Gasteiger partial charge is 0.254 e. The number of benzene rings is 2. The first-order valence-electron chi connectivity index (χ1n) is 10.2. The van der Waals surface area contributed by atoms with Crippen molar-refractivity contribution in [3.8, 4) is 0 Å². The van der Waals surface area contributed by atoms with E-state index >= 15 is 0 Å². The summed E-state index contributed by atoms with van der Waals surface area (Å²) in [6.07, 6.45) is 2.90. The van der Waals surface area contributed by atoms with Gasteiger partial charge in [-0.1, -0.05) is 24.3 Å². The number of carbonyl (C=O) groups excluding carboxylic acids is 3. The van der Waals surface area contributed by atoms with Gasteiger partial charge in [0.25, 0.3) is 5.91 Å². The molecule has 1 N–H and O–H groups in total. The molecule has 2 aromatic carbocycles. The summed E-state index contributed by atoms with van der Waals surface area (Å²) >= 11 is 0. The first-order valence-corrected chi connectivity index (χ1v) is 10.2. The molecule has 2 amide bonds. The summed E-state index contributed by atoms with van der Waals surface area (Å²) in [6.45, 7) is 2.04. The Kier molecular flexibility index (Phi) is 5.65. The van der Waals surface area contributed by atoms with Gasteiger partial charge in [-0.15, -0.1) is 0 Å². The van der Waals surface area contributed by atoms with E-state index in [-0.39, 0.29) is 30.1 Å². The van der Waals surface area contributed by atoms with Crippen molar-refractivity contribution in [2.75, 3.05) is 11.9 Å². The van der Waals surface area contributed by atoms with E-state index in [0.717, 1.165) is 24.6 Å². The Morgan fingerprint density at radius 3 is 2.70 bits per heavy atom. The highest BCUT2D eigenvalue weighted by atomic mass is 16.3. The van der Waals surface area contributed by atoms with Crippen LogP contribution in [0.15, 0.2) is 59.0 Å². The van der Waals surface area contributed by atoms with Crippen LogP contribution in [-0.2, 0) is 4.79 Å². The zero-order chi connectivity index (χ0) is 21.1. The van der Waals surface area contributed by atoms with Crippen molar-refractivity contribution in [2.45, 2.75) is 38.6 Å². The number of rotatable bonds is 5. The van der Waals surface area contributed by atoms with Crippen LogP contribution >= 0.6 is 0 Å². The average molecular weight is 404 g/mol. The quantitative estimate of drug-likeness (QED) is 0.627. The van der Waals surface area contributed by atoms with Gasteiger partial charge in [-0.3, -0.25) is 14.4 Å². The molecule has 30 heavy (non-hydrogen) atoms. The fourth-order valence-corrected chi connectivity index (χ4v) is 4.01. The van der Waals surface area contributed by atoms with Crippen LogP contribution in [0.1, 0.15) is 53.5 Å². The van der Waals surface area contributed by atoms with Crippen molar-refractivity contribution in [1.82, 2.24) is 4.90 Å². The number of nitrogens with one attached hydrogen (secondary N) is 1. The van der Waals surface area contributed by atoms with Crippen LogP contribution in [0.2, 0.25) is 0 Å². The molecule has 154 valence electrons. The number of nitrogens with zero attached hydrogens (tertiary/aromatic N) is 1. The first-order chi connectivity index (χ1) is 14.5. The van der Waals surface area contributed by atoms with Crippen LogP contribution in [0.3, 0.4) is 0 Å². The molecule has 4 rings (SSSR count). The SMILES string of the molecule is CC(=O)Nc1cccc(C(=O)N2CCCCC2CC(=O)c2cc3ccccc3o2)c1. The molecular weight excluding hydrogens is 380 g/mol. The van der Waals surface area contributed by atoms with Crippen molar-refractivity contribution in [1.29, 1.82) is 0 Å². The number of furan rings is 1. The summed E-state index contributed by atoms with van der Waals surface area (Å²) in [4.78, 5) is 39.2. The molecule has 0 spiro atoms. The number of carbonyl (C=O) groups is 3. The molecule has 1 aliphatic heterocycles. The molecule has 6 nitrogen and oxygen atoms in total. The number of hydrogen-bond acceptors (Lipinski definition) is 4. The van der Waals surface area contributed by atoms with E-state index in [1.807, 2.05) is 24.3 Å². The van der Waals surface area contributed by atoms with E-state index in [9.17, 15) is 14.4 Å². The number of fused-ring (bicyclic) bond motifs is 1. The first kappa shape index (κ1) is 19.9. The maximum Gasteiger partial charge on any atom is 0.254 e. The van der Waals surface area contributed by atoms with Crippen LogP contribution in [0.25, 0.3) is 11.0 Å². The van der Waals surface area contributed by atoms with Crippen LogP contribution < -0.4 is 5.32 Å². The molecule has 2 heterocycles. The predicted octanol–water partition coefficient (Wildman–Crippen LogP) is 4.66. The normalized spacial score (nSPS) is 16.4. The Hall–Kier alpha value is -3.41. The molecule has 0 saturated carbocycles. The maximum absolute atomic E-state index is 13.2. The highest BCUT2D eigenvalue weighted by molar-refractivity contribution is 5.99. The molecular formula is C24H24N2O4. The molecule has 1 saturated heterocycles. The molecule has 6 heteroatoms. The summed E-state index contributed by atoms with van der Waals surface area (Å²) < 4.78 is 5.71. The Labute approximate surface area is 174 Å². The highest BCUT2D eigenvalue weighted by Gasteiger charge is 2.30. The topological polar surface area (TPSA) is 79.6 Å². The third-order valence-electron chi connectivity index (χ3n) is 5.44. The van der Waals surface area contributed by atoms with E-state index < -0.39 is 0 Å². The van der Waals surface area contributed by atoms with Gasteiger partial charge in [0.05, 0.1) is 0 Å². The third-order valence-corrected chi connectivity index (χ3v) is 5.44. The monoisotopic (exact) mass is 404 g/mol. The summed E-state index contributed by atoms with van der Waals surface area (Å²) in [6, 6.07) is 16.0. The number of hydrogen-bond donors (Lipinski definition) is 1. The number of amides is 2. The minimum Gasteiger partial charge on any atom is -0.453 e. The van der Waals surface area contributed by atoms with Crippen LogP contribution in [0.5, 0.6) is 0 Å². The molecule has 0 aliphatic carbocycles. The number of Topliss-reactive ketones (excluding diaryl/α,β-unsaturated/α-hetero) is 1. The minimum atomic E-state index is -0.188. The molecule has 1 fully saturated rings. The Balaban J connectivity index is 1.51. The third kappa shape index (κ3) is 4.27. The minimum absolute atomic E-state index is 0.0945. The summed E-state index contributed by atoms with van der Waals surface area (Å²) in [7, 11) is 0. The zero-order valence-electron chi connectivity index (χ0n) is 16.9. The van der Waals surface area contributed by atoms with Gasteiger partial charge in [0.2, 0.25) is 5.91 Å². The van der Waals surface area contributed by atoms with Gasteiger partial charge in [-0.05, 0) is 49.6 Å². The Morgan fingerprint density at radius 1 is 1.07 bits per heavy atom. The van der Waals surface area contributed by atoms with E-state index in [2.05, 4.69) is 5.32 Å². The van der Waals surface area contributed by atoms with Crippen LogP contribution in [0.4, 0.5) is 5.69 Å². The Bertz CT molecular complexity index is 1070. The lowest BCUT2D eigenvalue weighted by atomic mass is 9.95. The number of ketones is 1. The fraction of sp³-hybridized carbons (Fsp3) is 0.292. The van der Waals surface area contributed by atoms with Gasteiger partial charge in [0.1, 0.15) is 5.58 Å². The van der Waals surface area contributed by atoms with Crippen molar-refractivity contribution in [3.63, 3.8) is 0 Å². The number of piperidine rings is 1. The lowest BCUT2D eigenvalue weighted by Gasteiger charge is -2.35. The maximum atomic E-state index is 13.2. The Morgan fingerprint density at radius 2 is 1.90 bits per heavy atom. The van der Waals surface area contributed by atoms with Crippen molar-refractivity contribution in [3.05, 3.63) is 65.9 Å². The van der Waals surface area contributed by atoms with E-state index in [1.54, 1.807) is 35.2 Å². The lowest BCUT2D eigenvalue weighted by molar-refractivity contribution is -0.114. The lowest BCUT2D eigenvalue weighted by Crippen LogP contribution is -2.44. The fourth-order valence-electron chi connectivity index (χ4n) is 4.01. The van der Waals surface area contributed by atoms with Gasteiger partial charge in [-0.25, -0.2) is 0 Å². The van der Waals surface area contributed by atoms with Crippen molar-refractivity contribution < 1.29 is 18.8 Å². The standard InChI is InChI=1S/C24H24N2O4/c1-16(27)25-19-9-6-8-18(13-19)24(29)26-12-5-4-10-20(26)15-21(28)23-14-17-7-2-3-11-22(17)30-23/h2-3,6-9,11,13-14,20H,4-5,10,12,15H2,1H3,(H,25,27). The average Bonchev–Trinajstić information content (AvgIpc) is 3.18. The molecule has 0 radical (unpaired) electrons. The highest BCUT2D eigenvalue weighted by Crippen LogP contribution is 2.26. The molecule has 1 aliphatic rings. The van der Waals surface area contributed by atoms with Crippen LogP contribution in [-0.4, -0.2) is 35.1 Å². The number of likely N-dealkylation sites (tertiary alicyclic amines) is 1. The van der Waals surface area contributed by atoms with Gasteiger partial charge in [0, 0.05) is 42.6 Å².